The summed E-state index contributed by atoms with van der Waals surface area (Å²) in [6.45, 7) is 4.77. The van der Waals surface area contributed by atoms with Crippen LogP contribution in [-0.4, -0.2) is 132 Å². The quantitative estimate of drug-likeness (QED) is 0.0330. The number of aliphatic carboxylic acids is 4. The normalized spacial score (nSPS) is 12.8. The molecule has 0 radical (unpaired) electrons. The Morgan fingerprint density at radius 2 is 1.20 bits per heavy atom. The summed E-state index contributed by atoms with van der Waals surface area (Å²) in [7, 11) is 0. The molecule has 0 fully saturated rings. The zero-order valence-corrected chi connectivity index (χ0v) is 28.4. The van der Waals surface area contributed by atoms with Gasteiger partial charge in [0, 0.05) is 32.4 Å². The molecular formula is C30H49N5O15. The second-order valence-corrected chi connectivity index (χ2v) is 12.2. The molecule has 3 atom stereocenters. The van der Waals surface area contributed by atoms with E-state index in [1.54, 1.807) is 0 Å². The van der Waals surface area contributed by atoms with E-state index < -0.39 is 78.6 Å². The molecule has 0 aliphatic carbocycles. The Hall–Kier alpha value is -4.85. The molecule has 0 saturated heterocycles. The summed E-state index contributed by atoms with van der Waals surface area (Å²) >= 11 is 0. The number of rotatable bonds is 27. The number of ether oxygens (including phenoxy) is 2. The van der Waals surface area contributed by atoms with Crippen molar-refractivity contribution in [2.45, 2.75) is 77.8 Å². The number of carbonyl (C=O) groups is 9. The molecule has 50 heavy (non-hydrogen) atoms. The van der Waals surface area contributed by atoms with Gasteiger partial charge in [0.05, 0.1) is 19.8 Å². The zero-order valence-electron chi connectivity index (χ0n) is 28.4. The highest BCUT2D eigenvalue weighted by Crippen LogP contribution is 2.30. The Bertz CT molecular complexity index is 1190. The summed E-state index contributed by atoms with van der Waals surface area (Å²) in [6.07, 6.45) is 0.0894. The molecule has 0 aliphatic rings. The molecule has 0 saturated carbocycles. The van der Waals surface area contributed by atoms with Gasteiger partial charge in [0.25, 0.3) is 0 Å². The van der Waals surface area contributed by atoms with Crippen molar-refractivity contribution < 1.29 is 73.1 Å². The minimum atomic E-state index is -1.58. The molecule has 0 aromatic carbocycles. The molecule has 0 aromatic heterocycles. The highest BCUT2D eigenvalue weighted by Gasteiger charge is 2.26. The summed E-state index contributed by atoms with van der Waals surface area (Å²) in [5.74, 6) is -9.21. The maximum atomic E-state index is 12.5. The van der Waals surface area contributed by atoms with Crippen LogP contribution in [0.1, 0.15) is 65.7 Å². The monoisotopic (exact) mass is 719 g/mol. The Morgan fingerprint density at radius 3 is 1.74 bits per heavy atom. The smallest absolute Gasteiger partial charge is 0.394 e. The van der Waals surface area contributed by atoms with Crippen LogP contribution in [0.15, 0.2) is 0 Å². The van der Waals surface area contributed by atoms with Gasteiger partial charge < -0.3 is 56.5 Å². The van der Waals surface area contributed by atoms with Crippen molar-refractivity contribution in [2.24, 2.45) is 11.3 Å². The summed E-state index contributed by atoms with van der Waals surface area (Å²) < 4.78 is 10.4. The molecule has 1 unspecified atom stereocenters. The SMILES string of the molecule is CC(CC(=O)N[C@@H](CCC(=O)NCCOCCOCC(=O)N[C@@H](CCC(=O)NCC(=O)O)C(=O)O)C(=O)O)CC(C)(C)CCNC(=O)C(=O)O. The molecule has 20 heteroatoms. The van der Waals surface area contributed by atoms with Gasteiger partial charge in [-0.3, -0.25) is 28.8 Å². The van der Waals surface area contributed by atoms with Gasteiger partial charge in [-0.1, -0.05) is 20.8 Å². The molecule has 9 N–H and O–H groups in total. The summed E-state index contributed by atoms with van der Waals surface area (Å²) in [5, 5.41) is 47.4. The van der Waals surface area contributed by atoms with Crippen LogP contribution < -0.4 is 26.6 Å². The number of nitrogens with one attached hydrogen (secondary N) is 5. The first-order valence-electron chi connectivity index (χ1n) is 15.8. The summed E-state index contributed by atoms with van der Waals surface area (Å²) in [5.41, 5.74) is -0.340. The van der Waals surface area contributed by atoms with Crippen molar-refractivity contribution >= 4 is 53.4 Å². The first kappa shape index (κ1) is 45.2. The van der Waals surface area contributed by atoms with E-state index in [1.807, 2.05) is 20.8 Å². The van der Waals surface area contributed by atoms with Gasteiger partial charge in [-0.15, -0.1) is 0 Å². The van der Waals surface area contributed by atoms with Crippen LogP contribution in [0.5, 0.6) is 0 Å². The van der Waals surface area contributed by atoms with Gasteiger partial charge in [-0.25, -0.2) is 14.4 Å². The fourth-order valence-corrected chi connectivity index (χ4v) is 4.58. The molecule has 0 bridgehead atoms. The van der Waals surface area contributed by atoms with E-state index in [2.05, 4.69) is 26.6 Å². The Morgan fingerprint density at radius 1 is 0.660 bits per heavy atom. The van der Waals surface area contributed by atoms with E-state index in [0.717, 1.165) is 0 Å². The molecule has 284 valence electrons. The van der Waals surface area contributed by atoms with E-state index in [9.17, 15) is 53.4 Å². The third-order valence-corrected chi connectivity index (χ3v) is 6.91. The lowest BCUT2D eigenvalue weighted by Gasteiger charge is -2.28. The molecule has 0 aliphatic heterocycles. The highest BCUT2D eigenvalue weighted by atomic mass is 16.5. The average Bonchev–Trinajstić information content (AvgIpc) is 3.00. The molecule has 0 aromatic rings. The molecule has 20 nitrogen and oxygen atoms in total. The number of hydrogen-bond acceptors (Lipinski definition) is 11. The van der Waals surface area contributed by atoms with Crippen LogP contribution in [0.3, 0.4) is 0 Å². The maximum Gasteiger partial charge on any atom is 0.394 e. The van der Waals surface area contributed by atoms with E-state index in [1.165, 1.54) is 0 Å². The fraction of sp³-hybridized carbons (Fsp3) is 0.700. The lowest BCUT2D eigenvalue weighted by atomic mass is 9.79. The van der Waals surface area contributed by atoms with Gasteiger partial charge in [-0.05, 0) is 37.0 Å². The van der Waals surface area contributed by atoms with Crippen LogP contribution in [0, 0.1) is 11.3 Å². The van der Waals surface area contributed by atoms with Gasteiger partial charge in [0.15, 0.2) is 0 Å². The lowest BCUT2D eigenvalue weighted by molar-refractivity contribution is -0.150. The number of carboxylic acids is 4. The third kappa shape index (κ3) is 23.5. The third-order valence-electron chi connectivity index (χ3n) is 6.91. The largest absolute Gasteiger partial charge is 0.480 e. The number of carboxylic acid groups (broad SMARTS) is 4. The van der Waals surface area contributed by atoms with E-state index in [-0.39, 0.29) is 76.3 Å². The molecular weight excluding hydrogens is 670 g/mol. The van der Waals surface area contributed by atoms with Crippen molar-refractivity contribution in [3.8, 4) is 0 Å². The van der Waals surface area contributed by atoms with Crippen LogP contribution in [-0.2, 0) is 52.6 Å². The number of hydrogen-bond donors (Lipinski definition) is 9. The van der Waals surface area contributed by atoms with Gasteiger partial charge in [-0.2, -0.15) is 0 Å². The zero-order chi connectivity index (χ0) is 38.3. The first-order valence-corrected chi connectivity index (χ1v) is 15.8. The summed E-state index contributed by atoms with van der Waals surface area (Å²) in [6, 6.07) is -2.68. The molecule has 0 rings (SSSR count). The predicted molar refractivity (Wildman–Crippen MR) is 170 cm³/mol. The van der Waals surface area contributed by atoms with Crippen molar-refractivity contribution in [2.75, 3.05) is 46.1 Å². The predicted octanol–water partition coefficient (Wildman–Crippen LogP) is -1.93. The minimum Gasteiger partial charge on any atom is -0.480 e. The van der Waals surface area contributed by atoms with Gasteiger partial charge in [0.1, 0.15) is 25.2 Å². The number of amides is 5. The molecule has 5 amide bonds. The Labute approximate surface area is 288 Å². The van der Waals surface area contributed by atoms with Crippen LogP contribution in [0.2, 0.25) is 0 Å². The number of carbonyl (C=O) groups excluding carboxylic acids is 5. The van der Waals surface area contributed by atoms with Crippen molar-refractivity contribution in [3.05, 3.63) is 0 Å². The summed E-state index contributed by atoms with van der Waals surface area (Å²) in [4.78, 5) is 103. The minimum absolute atomic E-state index is 0.0210. The second kappa shape index (κ2) is 24.3. The van der Waals surface area contributed by atoms with E-state index in [0.29, 0.717) is 12.8 Å². The van der Waals surface area contributed by atoms with E-state index in [4.69, 9.17) is 19.7 Å². The van der Waals surface area contributed by atoms with Crippen molar-refractivity contribution in [3.63, 3.8) is 0 Å². The fourth-order valence-electron chi connectivity index (χ4n) is 4.58. The lowest BCUT2D eigenvalue weighted by Crippen LogP contribution is -2.43. The second-order valence-electron chi connectivity index (χ2n) is 12.2. The van der Waals surface area contributed by atoms with E-state index >= 15 is 0 Å². The van der Waals surface area contributed by atoms with Crippen LogP contribution in [0.4, 0.5) is 0 Å². The van der Waals surface area contributed by atoms with Gasteiger partial charge >= 0.3 is 29.8 Å². The topological polar surface area (TPSA) is 313 Å². The highest BCUT2D eigenvalue weighted by molar-refractivity contribution is 6.31. The van der Waals surface area contributed by atoms with Crippen LogP contribution in [0.25, 0.3) is 0 Å². The first-order chi connectivity index (χ1) is 23.3. The maximum absolute atomic E-state index is 12.5. The molecule has 0 spiro atoms. The van der Waals surface area contributed by atoms with Crippen molar-refractivity contribution in [1.82, 2.24) is 26.6 Å². The Kier molecular flexibility index (Phi) is 22.0. The van der Waals surface area contributed by atoms with Crippen LogP contribution >= 0.6 is 0 Å². The Balaban J connectivity index is 4.25. The average molecular weight is 720 g/mol. The molecule has 0 heterocycles. The van der Waals surface area contributed by atoms with Gasteiger partial charge in [0.2, 0.25) is 23.6 Å². The standard InChI is InChI=1S/C30H49N5O15/c1-18(15-30(2,3)8-9-32-26(42)29(47)48)14-23(38)34-19(27(43)44)4-6-21(36)31-10-11-49-12-13-50-17-24(39)35-20(28(45)46)5-7-22(37)33-16-25(40)41/h18-20H,4-17H2,1-3H3,(H,31,36)(H,32,42)(H,33,37)(H,34,38)(H,35,39)(H,40,41)(H,43,44)(H,45,46)(H,47,48)/t18?,19-,20-/m0/s1. The van der Waals surface area contributed by atoms with Crippen molar-refractivity contribution in [1.29, 1.82) is 0 Å².